The van der Waals surface area contributed by atoms with Gasteiger partial charge in [-0.3, -0.25) is 0 Å². The number of alkyl halides is 3. The maximum Gasteiger partial charge on any atom is 0.404 e. The van der Waals surface area contributed by atoms with Crippen molar-refractivity contribution in [2.24, 2.45) is 5.92 Å². The Balaban J connectivity index is 4.14. The summed E-state index contributed by atoms with van der Waals surface area (Å²) in [5, 5.41) is 2.30. The molecule has 74 valence electrons. The SMILES string of the molecule is CCCC(C)C(NC)C(F)(F)F. The lowest BCUT2D eigenvalue weighted by Crippen LogP contribution is -2.44. The van der Waals surface area contributed by atoms with Crippen molar-refractivity contribution in [1.82, 2.24) is 5.32 Å². The molecule has 0 spiro atoms. The molecule has 1 nitrogen and oxygen atoms in total. The minimum atomic E-state index is -4.12. The van der Waals surface area contributed by atoms with E-state index in [0.29, 0.717) is 6.42 Å². The zero-order valence-corrected chi connectivity index (χ0v) is 7.70. The lowest BCUT2D eigenvalue weighted by molar-refractivity contribution is -0.165. The molecule has 4 heteroatoms. The summed E-state index contributed by atoms with van der Waals surface area (Å²) in [7, 11) is 1.35. The second-order valence-electron chi connectivity index (χ2n) is 3.07. The maximum absolute atomic E-state index is 12.2. The molecule has 1 N–H and O–H groups in total. The molecule has 0 heterocycles. The highest BCUT2D eigenvalue weighted by Crippen LogP contribution is 2.27. The molecule has 0 radical (unpaired) electrons. The van der Waals surface area contributed by atoms with Gasteiger partial charge in [-0.25, -0.2) is 0 Å². The first-order valence-electron chi connectivity index (χ1n) is 4.17. The van der Waals surface area contributed by atoms with Gasteiger partial charge in [0.05, 0.1) is 0 Å². The highest BCUT2D eigenvalue weighted by molar-refractivity contribution is 4.78. The molecular formula is C8H16F3N. The summed E-state index contributed by atoms with van der Waals surface area (Å²) >= 11 is 0. The molecular weight excluding hydrogens is 167 g/mol. The van der Waals surface area contributed by atoms with Crippen molar-refractivity contribution in [2.75, 3.05) is 7.05 Å². The van der Waals surface area contributed by atoms with Gasteiger partial charge >= 0.3 is 6.18 Å². The van der Waals surface area contributed by atoms with Gasteiger partial charge in [-0.05, 0) is 19.4 Å². The molecule has 0 fully saturated rings. The van der Waals surface area contributed by atoms with Crippen molar-refractivity contribution in [1.29, 1.82) is 0 Å². The Labute approximate surface area is 71.3 Å². The minimum Gasteiger partial charge on any atom is -0.309 e. The highest BCUT2D eigenvalue weighted by Gasteiger charge is 2.41. The summed E-state index contributed by atoms with van der Waals surface area (Å²) in [5.74, 6) is -0.347. The topological polar surface area (TPSA) is 12.0 Å². The van der Waals surface area contributed by atoms with Crippen LogP contribution in [0.15, 0.2) is 0 Å². The van der Waals surface area contributed by atoms with Crippen molar-refractivity contribution in [3.63, 3.8) is 0 Å². The van der Waals surface area contributed by atoms with Crippen LogP contribution in [0.1, 0.15) is 26.7 Å². The zero-order valence-electron chi connectivity index (χ0n) is 7.70. The quantitative estimate of drug-likeness (QED) is 0.706. The van der Waals surface area contributed by atoms with Crippen LogP contribution in [0.4, 0.5) is 13.2 Å². The maximum atomic E-state index is 12.2. The fraction of sp³-hybridized carbons (Fsp3) is 1.00. The molecule has 0 amide bonds. The number of hydrogen-bond donors (Lipinski definition) is 1. The molecule has 12 heavy (non-hydrogen) atoms. The second kappa shape index (κ2) is 4.70. The van der Waals surface area contributed by atoms with E-state index in [1.807, 2.05) is 6.92 Å². The predicted octanol–water partition coefficient (Wildman–Crippen LogP) is 2.57. The van der Waals surface area contributed by atoms with E-state index in [2.05, 4.69) is 5.32 Å². The monoisotopic (exact) mass is 183 g/mol. The second-order valence-corrected chi connectivity index (χ2v) is 3.07. The standard InChI is InChI=1S/C8H16F3N/c1-4-5-6(2)7(12-3)8(9,10)11/h6-7,12H,4-5H2,1-3H3. The first kappa shape index (κ1) is 11.8. The van der Waals surface area contributed by atoms with Gasteiger partial charge in [-0.1, -0.05) is 20.3 Å². The summed E-state index contributed by atoms with van der Waals surface area (Å²) < 4.78 is 36.7. The molecule has 2 unspecified atom stereocenters. The van der Waals surface area contributed by atoms with E-state index in [4.69, 9.17) is 0 Å². The largest absolute Gasteiger partial charge is 0.404 e. The molecule has 2 atom stereocenters. The third kappa shape index (κ3) is 3.43. The van der Waals surface area contributed by atoms with Crippen LogP contribution < -0.4 is 5.32 Å². The Kier molecular flexibility index (Phi) is 4.60. The molecule has 0 saturated carbocycles. The zero-order chi connectivity index (χ0) is 9.78. The van der Waals surface area contributed by atoms with Gasteiger partial charge in [0.15, 0.2) is 0 Å². The third-order valence-electron chi connectivity index (χ3n) is 1.98. The fourth-order valence-corrected chi connectivity index (χ4v) is 1.39. The van der Waals surface area contributed by atoms with Crippen LogP contribution in [0, 0.1) is 5.92 Å². The Morgan fingerprint density at radius 3 is 2.08 bits per heavy atom. The van der Waals surface area contributed by atoms with E-state index >= 15 is 0 Å². The molecule has 0 aromatic heterocycles. The Hall–Kier alpha value is -0.250. The van der Waals surface area contributed by atoms with Gasteiger partial charge < -0.3 is 5.32 Å². The molecule has 0 aliphatic heterocycles. The van der Waals surface area contributed by atoms with E-state index in [9.17, 15) is 13.2 Å². The van der Waals surface area contributed by atoms with Crippen LogP contribution in [0.5, 0.6) is 0 Å². The molecule has 0 saturated heterocycles. The van der Waals surface area contributed by atoms with Gasteiger partial charge in [0.25, 0.3) is 0 Å². The smallest absolute Gasteiger partial charge is 0.309 e. The predicted molar refractivity (Wildman–Crippen MR) is 43.0 cm³/mol. The third-order valence-corrected chi connectivity index (χ3v) is 1.98. The fourth-order valence-electron chi connectivity index (χ4n) is 1.39. The first-order chi connectivity index (χ1) is 5.43. The van der Waals surface area contributed by atoms with Crippen LogP contribution in [-0.4, -0.2) is 19.3 Å². The number of nitrogens with one attached hydrogen (secondary N) is 1. The number of halogens is 3. The van der Waals surface area contributed by atoms with Gasteiger partial charge in [0.2, 0.25) is 0 Å². The Morgan fingerprint density at radius 2 is 1.83 bits per heavy atom. The van der Waals surface area contributed by atoms with E-state index in [0.717, 1.165) is 6.42 Å². The van der Waals surface area contributed by atoms with Crippen molar-refractivity contribution >= 4 is 0 Å². The van der Waals surface area contributed by atoms with Crippen LogP contribution in [0.2, 0.25) is 0 Å². The lowest BCUT2D eigenvalue weighted by Gasteiger charge is -2.25. The average molecular weight is 183 g/mol. The van der Waals surface area contributed by atoms with E-state index in [1.165, 1.54) is 7.05 Å². The molecule has 0 bridgehead atoms. The summed E-state index contributed by atoms with van der Waals surface area (Å²) in [4.78, 5) is 0. The number of rotatable bonds is 4. The number of hydrogen-bond acceptors (Lipinski definition) is 1. The van der Waals surface area contributed by atoms with Gasteiger partial charge in [0, 0.05) is 0 Å². The summed E-state index contributed by atoms with van der Waals surface area (Å²) in [6, 6.07) is -1.36. The summed E-state index contributed by atoms with van der Waals surface area (Å²) in [5.41, 5.74) is 0. The van der Waals surface area contributed by atoms with Crippen LogP contribution >= 0.6 is 0 Å². The van der Waals surface area contributed by atoms with Crippen LogP contribution in [0.25, 0.3) is 0 Å². The molecule has 0 aromatic rings. The van der Waals surface area contributed by atoms with Crippen molar-refractivity contribution in [3.05, 3.63) is 0 Å². The summed E-state index contributed by atoms with van der Waals surface area (Å²) in [6.07, 6.45) is -2.73. The Bertz CT molecular complexity index is 122. The molecule has 0 aromatic carbocycles. The van der Waals surface area contributed by atoms with Gasteiger partial charge in [0.1, 0.15) is 6.04 Å². The van der Waals surface area contributed by atoms with Crippen LogP contribution in [-0.2, 0) is 0 Å². The minimum absolute atomic E-state index is 0.347. The van der Waals surface area contributed by atoms with E-state index in [1.54, 1.807) is 6.92 Å². The van der Waals surface area contributed by atoms with Crippen molar-refractivity contribution in [2.45, 2.75) is 38.9 Å². The van der Waals surface area contributed by atoms with Crippen LogP contribution in [0.3, 0.4) is 0 Å². The van der Waals surface area contributed by atoms with Gasteiger partial charge in [-0.15, -0.1) is 0 Å². The van der Waals surface area contributed by atoms with E-state index < -0.39 is 12.2 Å². The normalized spacial score (nSPS) is 17.5. The molecule has 0 rings (SSSR count). The van der Waals surface area contributed by atoms with Crippen molar-refractivity contribution < 1.29 is 13.2 Å². The molecule has 0 aliphatic rings. The summed E-state index contributed by atoms with van der Waals surface area (Å²) in [6.45, 7) is 3.51. The van der Waals surface area contributed by atoms with E-state index in [-0.39, 0.29) is 5.92 Å². The Morgan fingerprint density at radius 1 is 1.33 bits per heavy atom. The molecule has 0 aliphatic carbocycles. The highest BCUT2D eigenvalue weighted by atomic mass is 19.4. The first-order valence-corrected chi connectivity index (χ1v) is 4.17. The van der Waals surface area contributed by atoms with Gasteiger partial charge in [-0.2, -0.15) is 13.2 Å². The lowest BCUT2D eigenvalue weighted by atomic mass is 9.97. The van der Waals surface area contributed by atoms with Crippen molar-refractivity contribution in [3.8, 4) is 0 Å². The average Bonchev–Trinajstić information content (AvgIpc) is 1.85.